The van der Waals surface area contributed by atoms with E-state index in [1.54, 1.807) is 6.92 Å². The van der Waals surface area contributed by atoms with Crippen LogP contribution >= 0.6 is 0 Å². The molecule has 0 amide bonds. The van der Waals surface area contributed by atoms with Crippen molar-refractivity contribution in [2.75, 3.05) is 13.2 Å². The zero-order valence-electron chi connectivity index (χ0n) is 12.7. The molecule has 0 aliphatic carbocycles. The molecule has 2 rings (SSSR count). The fourth-order valence-corrected chi connectivity index (χ4v) is 3.19. The first-order chi connectivity index (χ1) is 8.87. The average molecular weight is 260 g/mol. The lowest BCUT2D eigenvalue weighted by molar-refractivity contribution is -0.119. The number of hydrogen-bond donors (Lipinski definition) is 0. The molecule has 0 radical (unpaired) electrons. The SMILES string of the molecule is CC(=O)CCC1(c2c(C)c(C)cc(C)c2C)COC1. The Bertz CT molecular complexity index is 484. The molecule has 1 aromatic rings. The predicted molar refractivity (Wildman–Crippen MR) is 77.8 cm³/mol. The van der Waals surface area contributed by atoms with E-state index in [0.717, 1.165) is 19.6 Å². The summed E-state index contributed by atoms with van der Waals surface area (Å²) in [6.07, 6.45) is 1.56. The number of benzene rings is 1. The van der Waals surface area contributed by atoms with Gasteiger partial charge in [0.2, 0.25) is 0 Å². The van der Waals surface area contributed by atoms with Crippen LogP contribution in [0.5, 0.6) is 0 Å². The normalized spacial score (nSPS) is 17.1. The number of carbonyl (C=O) groups excluding carboxylic acids is 1. The van der Waals surface area contributed by atoms with Gasteiger partial charge in [-0.2, -0.15) is 0 Å². The molecule has 1 heterocycles. The third kappa shape index (κ3) is 2.46. The summed E-state index contributed by atoms with van der Waals surface area (Å²) in [5.41, 5.74) is 6.91. The van der Waals surface area contributed by atoms with Gasteiger partial charge in [-0.05, 0) is 68.9 Å². The van der Waals surface area contributed by atoms with Gasteiger partial charge in [-0.1, -0.05) is 6.07 Å². The van der Waals surface area contributed by atoms with Crippen molar-refractivity contribution >= 4 is 5.78 Å². The Labute approximate surface area is 116 Å². The molecule has 2 nitrogen and oxygen atoms in total. The molecule has 0 bridgehead atoms. The Morgan fingerprint density at radius 2 is 1.68 bits per heavy atom. The highest BCUT2D eigenvalue weighted by atomic mass is 16.5. The maximum absolute atomic E-state index is 11.3. The lowest BCUT2D eigenvalue weighted by Crippen LogP contribution is -2.48. The zero-order valence-corrected chi connectivity index (χ0v) is 12.7. The van der Waals surface area contributed by atoms with Crippen LogP contribution in [-0.4, -0.2) is 19.0 Å². The number of aryl methyl sites for hydroxylation is 2. The van der Waals surface area contributed by atoms with E-state index in [2.05, 4.69) is 33.8 Å². The molecule has 0 atom stereocenters. The minimum Gasteiger partial charge on any atom is -0.379 e. The van der Waals surface area contributed by atoms with Gasteiger partial charge < -0.3 is 9.53 Å². The first-order valence-corrected chi connectivity index (χ1v) is 7.02. The van der Waals surface area contributed by atoms with Crippen LogP contribution in [0.15, 0.2) is 6.07 Å². The second-order valence-electron chi connectivity index (χ2n) is 6.11. The summed E-state index contributed by atoms with van der Waals surface area (Å²) in [5, 5.41) is 0. The van der Waals surface area contributed by atoms with Gasteiger partial charge in [0.05, 0.1) is 13.2 Å². The fourth-order valence-electron chi connectivity index (χ4n) is 3.19. The second-order valence-corrected chi connectivity index (χ2v) is 6.11. The Balaban J connectivity index is 2.46. The molecule has 19 heavy (non-hydrogen) atoms. The van der Waals surface area contributed by atoms with Crippen molar-refractivity contribution in [3.05, 3.63) is 33.9 Å². The Kier molecular flexibility index (Phi) is 3.82. The largest absolute Gasteiger partial charge is 0.379 e. The van der Waals surface area contributed by atoms with E-state index < -0.39 is 0 Å². The molecule has 0 unspecified atom stereocenters. The van der Waals surface area contributed by atoms with Gasteiger partial charge in [-0.3, -0.25) is 0 Å². The smallest absolute Gasteiger partial charge is 0.129 e. The van der Waals surface area contributed by atoms with Crippen molar-refractivity contribution in [1.29, 1.82) is 0 Å². The van der Waals surface area contributed by atoms with Crippen LogP contribution < -0.4 is 0 Å². The average Bonchev–Trinajstić information content (AvgIpc) is 2.28. The minimum absolute atomic E-state index is 0.0661. The van der Waals surface area contributed by atoms with E-state index in [1.807, 2.05) is 0 Å². The summed E-state index contributed by atoms with van der Waals surface area (Å²) in [4.78, 5) is 11.3. The first-order valence-electron chi connectivity index (χ1n) is 7.02. The summed E-state index contributed by atoms with van der Waals surface area (Å²) in [5.74, 6) is 0.269. The van der Waals surface area contributed by atoms with Crippen LogP contribution in [0.4, 0.5) is 0 Å². The first kappa shape index (κ1) is 14.3. The highest BCUT2D eigenvalue weighted by Crippen LogP contribution is 2.42. The summed E-state index contributed by atoms with van der Waals surface area (Å²) in [6.45, 7) is 11.9. The molecular formula is C17H24O2. The molecule has 2 heteroatoms. The van der Waals surface area contributed by atoms with Crippen molar-refractivity contribution in [1.82, 2.24) is 0 Å². The Morgan fingerprint density at radius 1 is 1.16 bits per heavy atom. The van der Waals surface area contributed by atoms with Crippen molar-refractivity contribution in [3.8, 4) is 0 Å². The zero-order chi connectivity index (χ0) is 14.2. The van der Waals surface area contributed by atoms with Crippen LogP contribution in [0.1, 0.15) is 47.6 Å². The molecule has 1 fully saturated rings. The number of ether oxygens (including phenoxy) is 1. The monoisotopic (exact) mass is 260 g/mol. The molecule has 1 aliphatic heterocycles. The van der Waals surface area contributed by atoms with Crippen LogP contribution in [0, 0.1) is 27.7 Å². The number of hydrogen-bond acceptors (Lipinski definition) is 2. The quantitative estimate of drug-likeness (QED) is 0.827. The molecule has 0 saturated carbocycles. The van der Waals surface area contributed by atoms with Gasteiger partial charge >= 0.3 is 0 Å². The van der Waals surface area contributed by atoms with E-state index in [-0.39, 0.29) is 11.2 Å². The van der Waals surface area contributed by atoms with Gasteiger partial charge in [0, 0.05) is 11.8 Å². The van der Waals surface area contributed by atoms with E-state index in [9.17, 15) is 4.79 Å². The summed E-state index contributed by atoms with van der Waals surface area (Å²) in [7, 11) is 0. The number of carbonyl (C=O) groups is 1. The molecule has 1 aliphatic rings. The standard InChI is InChI=1S/C17H24O2/c1-11-8-12(2)15(5)16(14(11)4)17(9-19-10-17)7-6-13(3)18/h8H,6-7,9-10H2,1-5H3. The van der Waals surface area contributed by atoms with Gasteiger partial charge in [0.15, 0.2) is 0 Å². The van der Waals surface area contributed by atoms with Crippen molar-refractivity contribution in [3.63, 3.8) is 0 Å². The van der Waals surface area contributed by atoms with Gasteiger partial charge in [-0.25, -0.2) is 0 Å². The van der Waals surface area contributed by atoms with Crippen LogP contribution in [0.3, 0.4) is 0 Å². The molecule has 0 N–H and O–H groups in total. The lowest BCUT2D eigenvalue weighted by Gasteiger charge is -2.44. The number of rotatable bonds is 4. The summed E-state index contributed by atoms with van der Waals surface area (Å²) >= 11 is 0. The van der Waals surface area contributed by atoms with E-state index in [0.29, 0.717) is 6.42 Å². The molecular weight excluding hydrogens is 236 g/mol. The molecule has 0 spiro atoms. The third-order valence-corrected chi connectivity index (χ3v) is 4.61. The molecule has 1 aromatic carbocycles. The number of Topliss-reactive ketones (excluding diaryl/α,β-unsaturated/α-hetero) is 1. The third-order valence-electron chi connectivity index (χ3n) is 4.61. The maximum Gasteiger partial charge on any atom is 0.129 e. The topological polar surface area (TPSA) is 26.3 Å². The van der Waals surface area contributed by atoms with Crippen LogP contribution in [0.2, 0.25) is 0 Å². The lowest BCUT2D eigenvalue weighted by atomic mass is 9.70. The van der Waals surface area contributed by atoms with Gasteiger partial charge in [0.25, 0.3) is 0 Å². The van der Waals surface area contributed by atoms with Crippen LogP contribution in [0.25, 0.3) is 0 Å². The van der Waals surface area contributed by atoms with Gasteiger partial charge in [0.1, 0.15) is 5.78 Å². The molecule has 104 valence electrons. The molecule has 1 saturated heterocycles. The maximum atomic E-state index is 11.3. The van der Waals surface area contributed by atoms with Gasteiger partial charge in [-0.15, -0.1) is 0 Å². The second kappa shape index (κ2) is 5.09. The molecule has 0 aromatic heterocycles. The minimum atomic E-state index is 0.0661. The number of ketones is 1. The van der Waals surface area contributed by atoms with Crippen molar-refractivity contribution < 1.29 is 9.53 Å². The Hall–Kier alpha value is -1.15. The summed E-state index contributed by atoms with van der Waals surface area (Å²) < 4.78 is 5.50. The van der Waals surface area contributed by atoms with Crippen LogP contribution in [-0.2, 0) is 14.9 Å². The van der Waals surface area contributed by atoms with E-state index in [4.69, 9.17) is 4.74 Å². The predicted octanol–water partition coefficient (Wildman–Crippen LogP) is 3.56. The Morgan fingerprint density at radius 3 is 2.05 bits per heavy atom. The fraction of sp³-hybridized carbons (Fsp3) is 0.588. The van der Waals surface area contributed by atoms with Crippen molar-refractivity contribution in [2.45, 2.75) is 52.9 Å². The van der Waals surface area contributed by atoms with E-state index in [1.165, 1.54) is 27.8 Å². The highest BCUT2D eigenvalue weighted by molar-refractivity contribution is 5.75. The van der Waals surface area contributed by atoms with Crippen molar-refractivity contribution in [2.24, 2.45) is 0 Å². The van der Waals surface area contributed by atoms with E-state index >= 15 is 0 Å². The summed E-state index contributed by atoms with van der Waals surface area (Å²) in [6, 6.07) is 2.26. The highest BCUT2D eigenvalue weighted by Gasteiger charge is 2.42.